The molecule has 0 radical (unpaired) electrons. The first-order valence-electron chi connectivity index (χ1n) is 4.15. The fourth-order valence-electron chi connectivity index (χ4n) is 0.932. The van der Waals surface area contributed by atoms with Gasteiger partial charge in [-0.2, -0.15) is 0 Å². The summed E-state index contributed by atoms with van der Waals surface area (Å²) in [5.74, 6) is 0.496. The Bertz CT molecular complexity index is 358. The predicted molar refractivity (Wildman–Crippen MR) is 57.1 cm³/mol. The SMILES string of the molecule is C=C(C)COc1cc(Cl)ccc1C=O. The molecule has 3 heteroatoms. The molecule has 0 aliphatic carbocycles. The third-order valence-corrected chi connectivity index (χ3v) is 1.81. The second-order valence-corrected chi connectivity index (χ2v) is 3.48. The summed E-state index contributed by atoms with van der Waals surface area (Å²) >= 11 is 5.77. The van der Waals surface area contributed by atoms with Crippen LogP contribution in [0.3, 0.4) is 0 Å². The van der Waals surface area contributed by atoms with Gasteiger partial charge in [0.25, 0.3) is 0 Å². The number of halogens is 1. The highest BCUT2D eigenvalue weighted by Crippen LogP contribution is 2.22. The number of hydrogen-bond acceptors (Lipinski definition) is 2. The van der Waals surface area contributed by atoms with Crippen molar-refractivity contribution in [3.63, 3.8) is 0 Å². The van der Waals surface area contributed by atoms with Crippen LogP contribution in [0.5, 0.6) is 5.75 Å². The molecule has 1 aromatic carbocycles. The molecule has 0 amide bonds. The van der Waals surface area contributed by atoms with Crippen LogP contribution >= 0.6 is 11.6 Å². The average Bonchev–Trinajstić information content (AvgIpc) is 2.15. The molecule has 1 aromatic rings. The van der Waals surface area contributed by atoms with E-state index < -0.39 is 0 Å². The maximum atomic E-state index is 10.6. The first-order valence-corrected chi connectivity index (χ1v) is 4.53. The highest BCUT2D eigenvalue weighted by molar-refractivity contribution is 6.30. The first-order chi connectivity index (χ1) is 6.63. The molecular weight excluding hydrogens is 200 g/mol. The molecule has 0 saturated carbocycles. The predicted octanol–water partition coefficient (Wildman–Crippen LogP) is 3.11. The lowest BCUT2D eigenvalue weighted by Crippen LogP contribution is -2.00. The van der Waals surface area contributed by atoms with Gasteiger partial charge in [-0.25, -0.2) is 0 Å². The van der Waals surface area contributed by atoms with Gasteiger partial charge in [0, 0.05) is 5.02 Å². The Morgan fingerprint density at radius 1 is 1.64 bits per heavy atom. The Kier molecular flexibility index (Phi) is 3.72. The topological polar surface area (TPSA) is 26.3 Å². The van der Waals surface area contributed by atoms with Crippen molar-refractivity contribution in [3.05, 3.63) is 40.9 Å². The minimum atomic E-state index is 0.390. The van der Waals surface area contributed by atoms with Crippen molar-refractivity contribution >= 4 is 17.9 Å². The molecule has 0 saturated heterocycles. The molecule has 0 unspecified atom stereocenters. The first kappa shape index (κ1) is 10.8. The van der Waals surface area contributed by atoms with E-state index in [1.165, 1.54) is 0 Å². The van der Waals surface area contributed by atoms with Gasteiger partial charge in [-0.05, 0) is 30.7 Å². The van der Waals surface area contributed by atoms with Gasteiger partial charge in [-0.1, -0.05) is 18.2 Å². The molecule has 14 heavy (non-hydrogen) atoms. The molecule has 0 heterocycles. The lowest BCUT2D eigenvalue weighted by Gasteiger charge is -2.08. The molecule has 0 bridgehead atoms. The van der Waals surface area contributed by atoms with Crippen LogP contribution in [0.15, 0.2) is 30.4 Å². The molecule has 0 N–H and O–H groups in total. The molecule has 0 atom stereocenters. The minimum absolute atomic E-state index is 0.390. The largest absolute Gasteiger partial charge is 0.488 e. The standard InChI is InChI=1S/C11H11ClO2/c1-8(2)7-14-11-5-10(12)4-3-9(11)6-13/h3-6H,1,7H2,2H3. The summed E-state index contributed by atoms with van der Waals surface area (Å²) < 4.78 is 5.36. The summed E-state index contributed by atoms with van der Waals surface area (Å²) in [6.07, 6.45) is 0.740. The van der Waals surface area contributed by atoms with E-state index in [0.29, 0.717) is 22.9 Å². The van der Waals surface area contributed by atoms with E-state index in [-0.39, 0.29) is 0 Å². The Morgan fingerprint density at radius 2 is 2.36 bits per heavy atom. The normalized spacial score (nSPS) is 9.57. The van der Waals surface area contributed by atoms with Crippen molar-refractivity contribution < 1.29 is 9.53 Å². The zero-order chi connectivity index (χ0) is 10.6. The molecule has 1 rings (SSSR count). The maximum Gasteiger partial charge on any atom is 0.153 e. The molecule has 0 aliphatic heterocycles. The third-order valence-electron chi connectivity index (χ3n) is 1.58. The number of carbonyl (C=O) groups is 1. The summed E-state index contributed by atoms with van der Waals surface area (Å²) in [6, 6.07) is 4.90. The van der Waals surface area contributed by atoms with E-state index in [9.17, 15) is 4.79 Å². The van der Waals surface area contributed by atoms with Crippen LogP contribution in [-0.4, -0.2) is 12.9 Å². The van der Waals surface area contributed by atoms with E-state index >= 15 is 0 Å². The number of ether oxygens (including phenoxy) is 1. The number of rotatable bonds is 4. The van der Waals surface area contributed by atoms with Crippen LogP contribution in [-0.2, 0) is 0 Å². The summed E-state index contributed by atoms with van der Waals surface area (Å²) in [4.78, 5) is 10.6. The molecule has 2 nitrogen and oxygen atoms in total. The second kappa shape index (κ2) is 4.82. The lowest BCUT2D eigenvalue weighted by molar-refractivity contribution is 0.112. The average molecular weight is 211 g/mol. The molecule has 0 fully saturated rings. The van der Waals surface area contributed by atoms with Crippen LogP contribution < -0.4 is 4.74 Å². The van der Waals surface area contributed by atoms with Crippen molar-refractivity contribution in [3.8, 4) is 5.75 Å². The van der Waals surface area contributed by atoms with Gasteiger partial charge in [0.1, 0.15) is 12.4 Å². The van der Waals surface area contributed by atoms with Crippen molar-refractivity contribution in [1.29, 1.82) is 0 Å². The van der Waals surface area contributed by atoms with E-state index in [0.717, 1.165) is 11.9 Å². The zero-order valence-corrected chi connectivity index (χ0v) is 8.67. The van der Waals surface area contributed by atoms with Crippen LogP contribution in [0.2, 0.25) is 5.02 Å². The summed E-state index contributed by atoms with van der Waals surface area (Å²) in [5.41, 5.74) is 1.39. The van der Waals surface area contributed by atoms with Crippen molar-refractivity contribution in [2.45, 2.75) is 6.92 Å². The molecular formula is C11H11ClO2. The van der Waals surface area contributed by atoms with Gasteiger partial charge in [0.15, 0.2) is 6.29 Å². The van der Waals surface area contributed by atoms with Gasteiger partial charge >= 0.3 is 0 Å². The van der Waals surface area contributed by atoms with Crippen LogP contribution in [0.1, 0.15) is 17.3 Å². The maximum absolute atomic E-state index is 10.6. The minimum Gasteiger partial charge on any atom is -0.488 e. The van der Waals surface area contributed by atoms with Crippen LogP contribution in [0, 0.1) is 0 Å². The highest BCUT2D eigenvalue weighted by Gasteiger charge is 2.03. The highest BCUT2D eigenvalue weighted by atomic mass is 35.5. The van der Waals surface area contributed by atoms with Gasteiger partial charge in [0.05, 0.1) is 5.56 Å². The van der Waals surface area contributed by atoms with Crippen LogP contribution in [0.25, 0.3) is 0 Å². The summed E-state index contributed by atoms with van der Waals surface area (Å²) in [7, 11) is 0. The third kappa shape index (κ3) is 2.89. The Labute approximate surface area is 88.1 Å². The summed E-state index contributed by atoms with van der Waals surface area (Å²) in [5, 5.41) is 0.548. The summed E-state index contributed by atoms with van der Waals surface area (Å²) in [6.45, 7) is 5.94. The van der Waals surface area contributed by atoms with E-state index in [2.05, 4.69) is 6.58 Å². The van der Waals surface area contributed by atoms with Crippen molar-refractivity contribution in [2.24, 2.45) is 0 Å². The van der Waals surface area contributed by atoms with Crippen molar-refractivity contribution in [2.75, 3.05) is 6.61 Å². The number of carbonyl (C=O) groups excluding carboxylic acids is 1. The Morgan fingerprint density at radius 3 is 2.93 bits per heavy atom. The second-order valence-electron chi connectivity index (χ2n) is 3.05. The van der Waals surface area contributed by atoms with Gasteiger partial charge < -0.3 is 4.74 Å². The van der Waals surface area contributed by atoms with E-state index in [1.807, 2.05) is 6.92 Å². The molecule has 0 spiro atoms. The smallest absolute Gasteiger partial charge is 0.153 e. The number of aldehydes is 1. The monoisotopic (exact) mass is 210 g/mol. The van der Waals surface area contributed by atoms with Gasteiger partial charge in [0.2, 0.25) is 0 Å². The molecule has 0 aromatic heterocycles. The quantitative estimate of drug-likeness (QED) is 0.564. The van der Waals surface area contributed by atoms with E-state index in [1.54, 1.807) is 18.2 Å². The van der Waals surface area contributed by atoms with E-state index in [4.69, 9.17) is 16.3 Å². The lowest BCUT2D eigenvalue weighted by atomic mass is 10.2. The fraction of sp³-hybridized carbons (Fsp3) is 0.182. The fourth-order valence-corrected chi connectivity index (χ4v) is 1.09. The van der Waals surface area contributed by atoms with Crippen LogP contribution in [0.4, 0.5) is 0 Å². The van der Waals surface area contributed by atoms with Gasteiger partial charge in [-0.3, -0.25) is 4.79 Å². The Balaban J connectivity index is 2.87. The zero-order valence-electron chi connectivity index (χ0n) is 7.92. The number of benzene rings is 1. The molecule has 74 valence electrons. The van der Waals surface area contributed by atoms with Gasteiger partial charge in [-0.15, -0.1) is 0 Å². The Hall–Kier alpha value is -1.28. The molecule has 0 aliphatic rings. The number of hydrogen-bond donors (Lipinski definition) is 0. The van der Waals surface area contributed by atoms with Crippen molar-refractivity contribution in [1.82, 2.24) is 0 Å².